The van der Waals surface area contributed by atoms with E-state index in [4.69, 9.17) is 5.73 Å². The molecule has 0 amide bonds. The Balaban J connectivity index is 1.95. The van der Waals surface area contributed by atoms with E-state index in [0.717, 1.165) is 25.2 Å². The van der Waals surface area contributed by atoms with Gasteiger partial charge in [0, 0.05) is 31.1 Å². The van der Waals surface area contributed by atoms with Crippen molar-refractivity contribution >= 4 is 0 Å². The molecule has 0 radical (unpaired) electrons. The average molecular weight is 206 g/mol. The molecule has 0 bridgehead atoms. The number of nitrogens with zero attached hydrogens (tertiary/aromatic N) is 5. The van der Waals surface area contributed by atoms with E-state index in [1.165, 1.54) is 0 Å². The topological polar surface area (TPSA) is 74.5 Å². The fraction of sp³-hybridized carbons (Fsp3) is 0.444. The summed E-state index contributed by atoms with van der Waals surface area (Å²) in [6, 6.07) is 0. The molecule has 6 heteroatoms. The van der Waals surface area contributed by atoms with Crippen LogP contribution in [0.25, 0.3) is 0 Å². The van der Waals surface area contributed by atoms with Crippen LogP contribution in [0.5, 0.6) is 0 Å². The van der Waals surface area contributed by atoms with Crippen molar-refractivity contribution in [1.29, 1.82) is 0 Å². The second-order valence-corrected chi connectivity index (χ2v) is 3.28. The smallest absolute Gasteiger partial charge is 0.0948 e. The molecule has 0 aliphatic carbocycles. The van der Waals surface area contributed by atoms with Crippen LogP contribution in [0.1, 0.15) is 5.69 Å². The van der Waals surface area contributed by atoms with Crippen LogP contribution in [0, 0.1) is 0 Å². The van der Waals surface area contributed by atoms with Gasteiger partial charge in [-0.2, -0.15) is 0 Å². The zero-order valence-electron chi connectivity index (χ0n) is 8.45. The summed E-state index contributed by atoms with van der Waals surface area (Å²) in [5.41, 5.74) is 6.68. The van der Waals surface area contributed by atoms with Crippen LogP contribution in [0.2, 0.25) is 0 Å². The summed E-state index contributed by atoms with van der Waals surface area (Å²) in [7, 11) is 0. The van der Waals surface area contributed by atoms with Gasteiger partial charge in [-0.05, 0) is 6.54 Å². The zero-order valence-corrected chi connectivity index (χ0v) is 8.45. The molecule has 0 aliphatic heterocycles. The SMILES string of the molecule is NCCc1cncn1CCn1ccnn1. The number of hydrogen-bond donors (Lipinski definition) is 1. The van der Waals surface area contributed by atoms with Crippen LogP contribution in [0.3, 0.4) is 0 Å². The lowest BCUT2D eigenvalue weighted by atomic mass is 10.3. The first-order valence-electron chi connectivity index (χ1n) is 4.93. The molecule has 0 fully saturated rings. The molecule has 0 saturated carbocycles. The molecule has 6 nitrogen and oxygen atoms in total. The van der Waals surface area contributed by atoms with E-state index < -0.39 is 0 Å². The van der Waals surface area contributed by atoms with Gasteiger partial charge in [0.1, 0.15) is 0 Å². The molecule has 2 aromatic heterocycles. The van der Waals surface area contributed by atoms with E-state index in [-0.39, 0.29) is 0 Å². The highest BCUT2D eigenvalue weighted by molar-refractivity contribution is 4.98. The monoisotopic (exact) mass is 206 g/mol. The maximum Gasteiger partial charge on any atom is 0.0948 e. The average Bonchev–Trinajstić information content (AvgIpc) is 2.85. The number of aromatic nitrogens is 5. The third-order valence-corrected chi connectivity index (χ3v) is 2.24. The highest BCUT2D eigenvalue weighted by Gasteiger charge is 2.01. The lowest BCUT2D eigenvalue weighted by Gasteiger charge is -2.06. The molecule has 0 spiro atoms. The predicted octanol–water partition coefficient (Wildman–Crippen LogP) is -0.324. The Morgan fingerprint density at radius 3 is 3.00 bits per heavy atom. The summed E-state index contributed by atoms with van der Waals surface area (Å²) >= 11 is 0. The van der Waals surface area contributed by atoms with Crippen molar-refractivity contribution in [3.63, 3.8) is 0 Å². The highest BCUT2D eigenvalue weighted by atomic mass is 15.4. The molecule has 2 rings (SSSR count). The summed E-state index contributed by atoms with van der Waals surface area (Å²) in [6.45, 7) is 2.29. The molecular formula is C9H14N6. The van der Waals surface area contributed by atoms with Gasteiger partial charge >= 0.3 is 0 Å². The van der Waals surface area contributed by atoms with Crippen LogP contribution >= 0.6 is 0 Å². The molecule has 0 aliphatic rings. The first kappa shape index (κ1) is 9.85. The van der Waals surface area contributed by atoms with Crippen molar-refractivity contribution in [1.82, 2.24) is 24.5 Å². The van der Waals surface area contributed by atoms with Crippen LogP contribution in [-0.4, -0.2) is 31.1 Å². The second-order valence-electron chi connectivity index (χ2n) is 3.28. The number of imidazole rings is 1. The molecular weight excluding hydrogens is 192 g/mol. The Morgan fingerprint density at radius 2 is 2.27 bits per heavy atom. The Hall–Kier alpha value is -1.69. The van der Waals surface area contributed by atoms with Gasteiger partial charge in [-0.3, -0.25) is 4.68 Å². The molecule has 0 saturated heterocycles. The summed E-state index contributed by atoms with van der Waals surface area (Å²) < 4.78 is 3.89. The second kappa shape index (κ2) is 4.70. The van der Waals surface area contributed by atoms with Gasteiger partial charge in [-0.15, -0.1) is 5.10 Å². The number of rotatable bonds is 5. The van der Waals surface area contributed by atoms with Gasteiger partial charge in [-0.25, -0.2) is 4.98 Å². The first-order chi connectivity index (χ1) is 7.40. The van der Waals surface area contributed by atoms with Crippen molar-refractivity contribution in [2.75, 3.05) is 6.54 Å². The Labute approximate surface area is 87.7 Å². The number of nitrogens with two attached hydrogens (primary N) is 1. The largest absolute Gasteiger partial charge is 0.333 e. The molecule has 0 atom stereocenters. The zero-order chi connectivity index (χ0) is 10.5. The van der Waals surface area contributed by atoms with E-state index in [9.17, 15) is 0 Å². The molecule has 2 heterocycles. The minimum atomic E-state index is 0.648. The van der Waals surface area contributed by atoms with E-state index in [2.05, 4.69) is 19.9 Å². The summed E-state index contributed by atoms with van der Waals surface area (Å²) in [4.78, 5) is 4.10. The standard InChI is InChI=1S/C9H14N6/c10-2-1-9-7-11-8-14(9)5-6-15-4-3-12-13-15/h3-4,7-8H,1-2,5-6,10H2. The number of aryl methyl sites for hydroxylation is 2. The van der Waals surface area contributed by atoms with Crippen molar-refractivity contribution in [2.45, 2.75) is 19.5 Å². The Kier molecular flexibility index (Phi) is 3.08. The normalized spacial score (nSPS) is 10.7. The maximum atomic E-state index is 5.51. The molecule has 2 N–H and O–H groups in total. The Morgan fingerprint density at radius 1 is 1.33 bits per heavy atom. The molecule has 0 unspecified atom stereocenters. The van der Waals surface area contributed by atoms with Gasteiger partial charge in [0.25, 0.3) is 0 Å². The highest BCUT2D eigenvalue weighted by Crippen LogP contribution is 2.00. The van der Waals surface area contributed by atoms with Crippen LogP contribution in [0.15, 0.2) is 24.9 Å². The molecule has 15 heavy (non-hydrogen) atoms. The summed E-state index contributed by atoms with van der Waals surface area (Å²) in [5, 5.41) is 7.65. The quantitative estimate of drug-likeness (QED) is 0.727. The van der Waals surface area contributed by atoms with Gasteiger partial charge in [0.2, 0.25) is 0 Å². The third kappa shape index (κ3) is 2.41. The van der Waals surface area contributed by atoms with Gasteiger partial charge < -0.3 is 10.3 Å². The molecule has 2 aromatic rings. The van der Waals surface area contributed by atoms with Crippen LogP contribution < -0.4 is 5.73 Å². The van der Waals surface area contributed by atoms with Gasteiger partial charge in [-0.1, -0.05) is 5.21 Å². The van der Waals surface area contributed by atoms with Crippen molar-refractivity contribution < 1.29 is 0 Å². The maximum absolute atomic E-state index is 5.51. The lowest BCUT2D eigenvalue weighted by Crippen LogP contribution is -2.12. The third-order valence-electron chi connectivity index (χ3n) is 2.24. The minimum Gasteiger partial charge on any atom is -0.333 e. The minimum absolute atomic E-state index is 0.648. The fourth-order valence-electron chi connectivity index (χ4n) is 1.47. The number of hydrogen-bond acceptors (Lipinski definition) is 4. The van der Waals surface area contributed by atoms with E-state index in [1.807, 2.05) is 18.7 Å². The molecule has 80 valence electrons. The lowest BCUT2D eigenvalue weighted by molar-refractivity contribution is 0.509. The van der Waals surface area contributed by atoms with E-state index in [0.29, 0.717) is 6.54 Å². The van der Waals surface area contributed by atoms with Crippen molar-refractivity contribution in [2.24, 2.45) is 5.73 Å². The van der Waals surface area contributed by atoms with Crippen LogP contribution in [-0.2, 0) is 19.5 Å². The molecule has 0 aromatic carbocycles. The van der Waals surface area contributed by atoms with Gasteiger partial charge in [0.05, 0.1) is 19.1 Å². The first-order valence-corrected chi connectivity index (χ1v) is 4.93. The fourth-order valence-corrected chi connectivity index (χ4v) is 1.47. The summed E-state index contributed by atoms with van der Waals surface area (Å²) in [6.07, 6.45) is 8.06. The van der Waals surface area contributed by atoms with E-state index >= 15 is 0 Å². The van der Waals surface area contributed by atoms with Gasteiger partial charge in [0.15, 0.2) is 0 Å². The van der Waals surface area contributed by atoms with Crippen molar-refractivity contribution in [3.8, 4) is 0 Å². The summed E-state index contributed by atoms with van der Waals surface area (Å²) in [5.74, 6) is 0. The van der Waals surface area contributed by atoms with Crippen LogP contribution in [0.4, 0.5) is 0 Å². The van der Waals surface area contributed by atoms with E-state index in [1.54, 1.807) is 10.9 Å². The Bertz CT molecular complexity index is 390. The predicted molar refractivity (Wildman–Crippen MR) is 55.0 cm³/mol. The van der Waals surface area contributed by atoms with Crippen molar-refractivity contribution in [3.05, 3.63) is 30.6 Å².